The molecule has 0 amide bonds. The molecule has 7 heteroatoms. The monoisotopic (exact) mass is 332 g/mol. The van der Waals surface area contributed by atoms with Crippen molar-refractivity contribution < 1.29 is 17.3 Å². The van der Waals surface area contributed by atoms with E-state index in [0.29, 0.717) is 11.7 Å². The van der Waals surface area contributed by atoms with E-state index < -0.39 is 10.1 Å². The topological polar surface area (TPSA) is 77.5 Å². The molecule has 0 bridgehead atoms. The first-order chi connectivity index (χ1) is 11.1. The van der Waals surface area contributed by atoms with Gasteiger partial charge in [0.05, 0.1) is 0 Å². The van der Waals surface area contributed by atoms with Crippen LogP contribution in [0.2, 0.25) is 0 Å². The van der Waals surface area contributed by atoms with Gasteiger partial charge in [0, 0.05) is 30.3 Å². The van der Waals surface area contributed by atoms with Crippen molar-refractivity contribution in [1.82, 2.24) is 10.3 Å². The number of hydrogen-bond donors (Lipinski definition) is 1. The second-order valence-electron chi connectivity index (χ2n) is 5.66. The summed E-state index contributed by atoms with van der Waals surface area (Å²) in [5.41, 5.74) is 1.12. The average molecular weight is 332 g/mol. The molecule has 0 aliphatic carbocycles. The van der Waals surface area contributed by atoms with Crippen LogP contribution in [-0.4, -0.2) is 32.6 Å². The molecule has 3 heterocycles. The highest BCUT2D eigenvalue weighted by Crippen LogP contribution is 2.43. The van der Waals surface area contributed by atoms with Crippen molar-refractivity contribution in [3.8, 4) is 11.5 Å². The van der Waals surface area contributed by atoms with Crippen molar-refractivity contribution in [3.63, 3.8) is 0 Å². The van der Waals surface area contributed by atoms with Crippen molar-refractivity contribution in [1.29, 1.82) is 0 Å². The van der Waals surface area contributed by atoms with E-state index in [2.05, 4.69) is 10.3 Å². The van der Waals surface area contributed by atoms with Crippen LogP contribution >= 0.6 is 0 Å². The molecular weight excluding hydrogens is 316 g/mol. The second-order valence-corrected chi connectivity index (χ2v) is 7.15. The molecule has 6 nitrogen and oxygen atoms in total. The molecule has 2 aliphatic heterocycles. The summed E-state index contributed by atoms with van der Waals surface area (Å²) in [5, 5.41) is 3.19. The molecule has 1 aromatic heterocycles. The molecule has 4 rings (SSSR count). The highest BCUT2D eigenvalue weighted by atomic mass is 32.2. The lowest BCUT2D eigenvalue weighted by Gasteiger charge is -2.24. The Hall–Kier alpha value is -2.12. The quantitative estimate of drug-likeness (QED) is 0.862. The lowest BCUT2D eigenvalue weighted by atomic mass is 9.90. The summed E-state index contributed by atoms with van der Waals surface area (Å²) < 4.78 is 35.5. The van der Waals surface area contributed by atoms with Crippen molar-refractivity contribution in [2.24, 2.45) is 0 Å². The van der Waals surface area contributed by atoms with Gasteiger partial charge in [-0.2, -0.15) is 8.42 Å². The summed E-state index contributed by atoms with van der Waals surface area (Å²) in [6.07, 6.45) is 2.55. The minimum Gasteiger partial charge on any atom is -0.488 e. The first-order valence-corrected chi connectivity index (χ1v) is 8.91. The zero-order valence-corrected chi connectivity index (χ0v) is 13.1. The third-order valence-electron chi connectivity index (χ3n) is 4.19. The maximum Gasteiger partial charge on any atom is 0.356 e. The number of nitrogens with zero attached hydrogens (tertiary/aromatic N) is 1. The molecule has 2 aromatic rings. The number of benzene rings is 1. The molecule has 1 fully saturated rings. The largest absolute Gasteiger partial charge is 0.488 e. The number of fused-ring (bicyclic) bond motifs is 3. The van der Waals surface area contributed by atoms with Crippen molar-refractivity contribution in [2.75, 3.05) is 13.1 Å². The summed E-state index contributed by atoms with van der Waals surface area (Å²) >= 11 is 0. The lowest BCUT2D eigenvalue weighted by molar-refractivity contribution is 0.176. The van der Waals surface area contributed by atoms with E-state index in [1.165, 1.54) is 12.3 Å². The third-order valence-corrected chi connectivity index (χ3v) is 5.35. The third kappa shape index (κ3) is 2.66. The van der Waals surface area contributed by atoms with Gasteiger partial charge >= 0.3 is 10.1 Å². The molecule has 120 valence electrons. The minimum absolute atomic E-state index is 0.112. The van der Waals surface area contributed by atoms with Gasteiger partial charge in [0.1, 0.15) is 17.6 Å². The van der Waals surface area contributed by atoms with Crippen LogP contribution in [0, 0.1) is 0 Å². The van der Waals surface area contributed by atoms with Crippen molar-refractivity contribution >= 4 is 10.1 Å². The van der Waals surface area contributed by atoms with E-state index in [4.69, 9.17) is 8.92 Å². The molecular formula is C16H16N2O4S. The van der Waals surface area contributed by atoms with E-state index in [-0.39, 0.29) is 16.9 Å². The maximum atomic E-state index is 12.2. The van der Waals surface area contributed by atoms with Gasteiger partial charge in [0.15, 0.2) is 5.03 Å². The Morgan fingerprint density at radius 2 is 2.17 bits per heavy atom. The number of pyridine rings is 1. The van der Waals surface area contributed by atoms with Gasteiger partial charge in [0.25, 0.3) is 0 Å². The highest BCUT2D eigenvalue weighted by molar-refractivity contribution is 7.87. The number of rotatable bonds is 3. The lowest BCUT2D eigenvalue weighted by Crippen LogP contribution is -2.39. The maximum absolute atomic E-state index is 12.2. The summed E-state index contributed by atoms with van der Waals surface area (Å²) in [7, 11) is -3.94. The van der Waals surface area contributed by atoms with E-state index in [9.17, 15) is 8.42 Å². The number of nitrogens with one attached hydrogen (secondary N) is 1. The Balaban J connectivity index is 1.60. The van der Waals surface area contributed by atoms with E-state index in [1.807, 2.05) is 6.07 Å². The first kappa shape index (κ1) is 14.5. The number of aromatic nitrogens is 1. The van der Waals surface area contributed by atoms with Crippen molar-refractivity contribution in [3.05, 3.63) is 48.2 Å². The van der Waals surface area contributed by atoms with Crippen LogP contribution in [0.4, 0.5) is 0 Å². The Kier molecular flexibility index (Phi) is 3.46. The fourth-order valence-electron chi connectivity index (χ4n) is 3.11. The van der Waals surface area contributed by atoms with Gasteiger partial charge in [-0.3, -0.25) is 0 Å². The van der Waals surface area contributed by atoms with Crippen molar-refractivity contribution in [2.45, 2.75) is 23.5 Å². The van der Waals surface area contributed by atoms with E-state index >= 15 is 0 Å². The predicted molar refractivity (Wildman–Crippen MR) is 83.1 cm³/mol. The Morgan fingerprint density at radius 1 is 1.26 bits per heavy atom. The molecule has 2 aliphatic rings. The van der Waals surface area contributed by atoms with Crippen LogP contribution < -0.4 is 14.2 Å². The second kappa shape index (κ2) is 5.50. The summed E-state index contributed by atoms with van der Waals surface area (Å²) in [5.74, 6) is 1.31. The van der Waals surface area contributed by atoms with Crippen LogP contribution in [0.5, 0.6) is 11.5 Å². The van der Waals surface area contributed by atoms with Gasteiger partial charge in [-0.1, -0.05) is 12.1 Å². The minimum atomic E-state index is -3.94. The van der Waals surface area contributed by atoms with E-state index in [1.54, 1.807) is 24.3 Å². The zero-order chi connectivity index (χ0) is 15.9. The Labute approximate surface area is 134 Å². The normalized spacial score (nSPS) is 22.8. The van der Waals surface area contributed by atoms with Crippen LogP contribution in [-0.2, 0) is 10.1 Å². The zero-order valence-electron chi connectivity index (χ0n) is 12.3. The van der Waals surface area contributed by atoms with Crippen LogP contribution in [0.1, 0.15) is 17.9 Å². The molecule has 0 saturated carbocycles. The van der Waals surface area contributed by atoms with Crippen LogP contribution in [0.15, 0.2) is 47.6 Å². The fraction of sp³-hybridized carbons (Fsp3) is 0.312. The van der Waals surface area contributed by atoms with Gasteiger partial charge in [-0.25, -0.2) is 4.98 Å². The summed E-state index contributed by atoms with van der Waals surface area (Å²) in [6.45, 7) is 1.78. The molecule has 2 atom stereocenters. The molecule has 1 saturated heterocycles. The van der Waals surface area contributed by atoms with Gasteiger partial charge < -0.3 is 14.2 Å². The number of piperidine rings is 1. The average Bonchev–Trinajstić information content (AvgIpc) is 2.93. The number of hydrogen-bond acceptors (Lipinski definition) is 6. The molecule has 2 unspecified atom stereocenters. The molecule has 1 N–H and O–H groups in total. The van der Waals surface area contributed by atoms with Crippen LogP contribution in [0.25, 0.3) is 0 Å². The molecule has 0 radical (unpaired) electrons. The molecule has 1 aromatic carbocycles. The summed E-state index contributed by atoms with van der Waals surface area (Å²) in [6, 6.07) is 9.88. The highest BCUT2D eigenvalue weighted by Gasteiger charge is 2.36. The van der Waals surface area contributed by atoms with Gasteiger partial charge in [0.2, 0.25) is 0 Å². The van der Waals surface area contributed by atoms with Crippen LogP contribution in [0.3, 0.4) is 0 Å². The standard InChI is InChI=1S/C16H16N2O4S/c19-23(20,16-3-1-2-7-18-16)22-11-4-5-12-13-6-8-17-10-15(13)21-14(12)9-11/h1-5,7,9,13,15,17H,6,8,10H2. The van der Waals surface area contributed by atoms with Gasteiger partial charge in [-0.15, -0.1) is 0 Å². The SMILES string of the molecule is O=S(=O)(Oc1ccc2c(c1)OC1CNCCC21)c1ccccn1. The number of ether oxygens (including phenoxy) is 1. The Morgan fingerprint density at radius 3 is 3.00 bits per heavy atom. The Bertz CT molecular complexity index is 823. The van der Waals surface area contributed by atoms with Gasteiger partial charge in [-0.05, 0) is 31.2 Å². The summed E-state index contributed by atoms with van der Waals surface area (Å²) in [4.78, 5) is 3.83. The first-order valence-electron chi connectivity index (χ1n) is 7.50. The predicted octanol–water partition coefficient (Wildman–Crippen LogP) is 1.69. The van der Waals surface area contributed by atoms with E-state index in [0.717, 1.165) is 25.1 Å². The molecule has 0 spiro atoms. The fourth-order valence-corrected chi connectivity index (χ4v) is 3.99. The molecule has 23 heavy (non-hydrogen) atoms. The smallest absolute Gasteiger partial charge is 0.356 e.